The number of hydrogen-bond acceptors (Lipinski definition) is 3. The Labute approximate surface area is 147 Å². The van der Waals surface area contributed by atoms with E-state index in [0.29, 0.717) is 12.5 Å². The topological polar surface area (TPSA) is 48.9 Å². The molecule has 1 aliphatic heterocycles. The van der Waals surface area contributed by atoms with Gasteiger partial charge in [0.25, 0.3) is 0 Å². The van der Waals surface area contributed by atoms with Crippen molar-refractivity contribution < 1.29 is 4.74 Å². The molecule has 0 aliphatic carbocycles. The third-order valence-corrected chi connectivity index (χ3v) is 4.46. The highest BCUT2D eigenvalue weighted by atomic mass is 79.9. The van der Waals surface area contributed by atoms with E-state index in [-0.39, 0.29) is 0 Å². The van der Waals surface area contributed by atoms with E-state index < -0.39 is 0 Å². The van der Waals surface area contributed by atoms with E-state index >= 15 is 0 Å². The number of hydrogen-bond donors (Lipinski definition) is 2. The molecule has 128 valence electrons. The minimum absolute atomic E-state index is 0.608. The summed E-state index contributed by atoms with van der Waals surface area (Å²) in [5.41, 5.74) is 1.30. The fourth-order valence-corrected chi connectivity index (χ4v) is 2.97. The first kappa shape index (κ1) is 18.1. The van der Waals surface area contributed by atoms with Crippen LogP contribution in [0.4, 0.5) is 5.69 Å². The number of rotatable bonds is 7. The van der Waals surface area contributed by atoms with E-state index in [9.17, 15) is 0 Å². The van der Waals surface area contributed by atoms with Crippen LogP contribution in [0.5, 0.6) is 0 Å². The summed E-state index contributed by atoms with van der Waals surface area (Å²) < 4.78 is 6.19. The molecule has 0 radical (unpaired) electrons. The maximum atomic E-state index is 5.06. The van der Waals surface area contributed by atoms with Gasteiger partial charge in [0.2, 0.25) is 0 Å². The third kappa shape index (κ3) is 6.03. The smallest absolute Gasteiger partial charge is 0.191 e. The van der Waals surface area contributed by atoms with Gasteiger partial charge in [-0.1, -0.05) is 15.9 Å². The second kappa shape index (κ2) is 9.78. The molecule has 1 saturated heterocycles. The number of ether oxygens (including phenoxy) is 1. The van der Waals surface area contributed by atoms with Crippen LogP contribution in [-0.2, 0) is 4.74 Å². The van der Waals surface area contributed by atoms with Gasteiger partial charge in [0.1, 0.15) is 0 Å². The van der Waals surface area contributed by atoms with Crippen molar-refractivity contribution in [3.8, 4) is 0 Å². The van der Waals surface area contributed by atoms with Crippen LogP contribution in [-0.4, -0.2) is 52.4 Å². The molecule has 1 unspecified atom stereocenters. The summed E-state index contributed by atoms with van der Waals surface area (Å²) in [7, 11) is 1.71. The molecule has 1 aromatic carbocycles. The van der Waals surface area contributed by atoms with E-state index in [1.807, 2.05) is 0 Å². The molecule has 0 aromatic heterocycles. The first-order valence-electron chi connectivity index (χ1n) is 8.24. The lowest BCUT2D eigenvalue weighted by atomic mass is 10.1. The van der Waals surface area contributed by atoms with Gasteiger partial charge < -0.3 is 20.3 Å². The maximum absolute atomic E-state index is 5.06. The first-order chi connectivity index (χ1) is 11.2. The summed E-state index contributed by atoms with van der Waals surface area (Å²) in [5, 5.41) is 6.57. The fraction of sp³-hybridized carbons (Fsp3) is 0.588. The lowest BCUT2D eigenvalue weighted by molar-refractivity contribution is 0.203. The highest BCUT2D eigenvalue weighted by Crippen LogP contribution is 2.25. The lowest BCUT2D eigenvalue weighted by Crippen LogP contribution is -2.39. The van der Waals surface area contributed by atoms with Gasteiger partial charge in [0.05, 0.1) is 6.61 Å². The largest absolute Gasteiger partial charge is 0.383 e. The summed E-state index contributed by atoms with van der Waals surface area (Å²) in [6, 6.07) is 8.55. The minimum atomic E-state index is 0.608. The Bertz CT molecular complexity index is 492. The molecule has 1 aromatic rings. The predicted molar refractivity (Wildman–Crippen MR) is 100 cm³/mol. The number of methoxy groups -OCH3 is 1. The molecule has 2 rings (SSSR count). The van der Waals surface area contributed by atoms with Crippen LogP contribution in [0.15, 0.2) is 33.7 Å². The Kier molecular flexibility index (Phi) is 7.68. The molecule has 0 spiro atoms. The van der Waals surface area contributed by atoms with Gasteiger partial charge in [-0.25, -0.2) is 0 Å². The van der Waals surface area contributed by atoms with Crippen molar-refractivity contribution in [3.05, 3.63) is 28.7 Å². The average molecular weight is 383 g/mol. The van der Waals surface area contributed by atoms with Crippen LogP contribution in [0.2, 0.25) is 0 Å². The SMILES string of the molecule is CCNC(=NCC1CCN(c2ccc(Br)cc2)C1)NCCOC. The molecular weight excluding hydrogens is 356 g/mol. The molecule has 6 heteroatoms. The molecule has 0 amide bonds. The Balaban J connectivity index is 1.83. The zero-order chi connectivity index (χ0) is 16.5. The quantitative estimate of drug-likeness (QED) is 0.432. The molecule has 5 nitrogen and oxygen atoms in total. The number of halogens is 1. The van der Waals surface area contributed by atoms with E-state index in [0.717, 1.165) is 43.2 Å². The van der Waals surface area contributed by atoms with Gasteiger partial charge in [-0.05, 0) is 43.5 Å². The van der Waals surface area contributed by atoms with Crippen LogP contribution in [0.25, 0.3) is 0 Å². The van der Waals surface area contributed by atoms with Crippen molar-refractivity contribution in [1.82, 2.24) is 10.6 Å². The van der Waals surface area contributed by atoms with Crippen LogP contribution in [0.3, 0.4) is 0 Å². The summed E-state index contributed by atoms with van der Waals surface area (Å²) in [6.07, 6.45) is 1.19. The molecular formula is C17H27BrN4O. The van der Waals surface area contributed by atoms with E-state index in [1.165, 1.54) is 12.1 Å². The van der Waals surface area contributed by atoms with Crippen LogP contribution < -0.4 is 15.5 Å². The van der Waals surface area contributed by atoms with Gasteiger partial charge in [-0.2, -0.15) is 0 Å². The standard InChI is InChI=1S/C17H27BrN4O/c1-3-19-17(20-9-11-23-2)21-12-14-8-10-22(13-14)16-6-4-15(18)5-7-16/h4-7,14H,3,8-13H2,1-2H3,(H2,19,20,21). The highest BCUT2D eigenvalue weighted by molar-refractivity contribution is 9.10. The number of aliphatic imine (C=N–C) groups is 1. The fourth-order valence-electron chi connectivity index (χ4n) is 2.70. The number of guanidine groups is 1. The van der Waals surface area contributed by atoms with E-state index in [2.05, 4.69) is 62.7 Å². The van der Waals surface area contributed by atoms with Crippen molar-refractivity contribution in [2.75, 3.05) is 51.3 Å². The predicted octanol–water partition coefficient (Wildman–Crippen LogP) is 2.48. The van der Waals surface area contributed by atoms with Crippen LogP contribution in [0.1, 0.15) is 13.3 Å². The average Bonchev–Trinajstić information content (AvgIpc) is 3.02. The molecule has 1 aliphatic rings. The van der Waals surface area contributed by atoms with E-state index in [4.69, 9.17) is 9.73 Å². The van der Waals surface area contributed by atoms with Gasteiger partial charge in [-0.15, -0.1) is 0 Å². The number of anilines is 1. The monoisotopic (exact) mass is 382 g/mol. The number of benzene rings is 1. The summed E-state index contributed by atoms with van der Waals surface area (Å²) in [6.45, 7) is 7.45. The van der Waals surface area contributed by atoms with Gasteiger partial charge >= 0.3 is 0 Å². The number of nitrogens with zero attached hydrogens (tertiary/aromatic N) is 2. The first-order valence-corrected chi connectivity index (χ1v) is 9.04. The van der Waals surface area contributed by atoms with Crippen LogP contribution >= 0.6 is 15.9 Å². The Morgan fingerprint density at radius 1 is 1.35 bits per heavy atom. The highest BCUT2D eigenvalue weighted by Gasteiger charge is 2.22. The Morgan fingerprint density at radius 2 is 2.13 bits per heavy atom. The molecule has 23 heavy (non-hydrogen) atoms. The molecule has 0 bridgehead atoms. The molecule has 2 N–H and O–H groups in total. The lowest BCUT2D eigenvalue weighted by Gasteiger charge is -2.18. The third-order valence-electron chi connectivity index (χ3n) is 3.93. The summed E-state index contributed by atoms with van der Waals surface area (Å²) >= 11 is 3.49. The number of nitrogens with one attached hydrogen (secondary N) is 2. The van der Waals surface area contributed by atoms with Crippen molar-refractivity contribution in [2.24, 2.45) is 10.9 Å². The molecule has 1 heterocycles. The maximum Gasteiger partial charge on any atom is 0.191 e. The van der Waals surface area contributed by atoms with Gasteiger partial charge in [0, 0.05) is 50.0 Å². The summed E-state index contributed by atoms with van der Waals surface area (Å²) in [5.74, 6) is 1.49. The molecule has 1 fully saturated rings. The van der Waals surface area contributed by atoms with Crippen molar-refractivity contribution in [3.63, 3.8) is 0 Å². The van der Waals surface area contributed by atoms with Crippen molar-refractivity contribution in [2.45, 2.75) is 13.3 Å². The van der Waals surface area contributed by atoms with Crippen LogP contribution in [0, 0.1) is 5.92 Å². The Hall–Kier alpha value is -1.27. The molecule has 0 saturated carbocycles. The van der Waals surface area contributed by atoms with Crippen molar-refractivity contribution >= 4 is 27.6 Å². The zero-order valence-electron chi connectivity index (χ0n) is 14.0. The van der Waals surface area contributed by atoms with E-state index in [1.54, 1.807) is 7.11 Å². The minimum Gasteiger partial charge on any atom is -0.383 e. The van der Waals surface area contributed by atoms with Gasteiger partial charge in [-0.3, -0.25) is 4.99 Å². The Morgan fingerprint density at radius 3 is 2.83 bits per heavy atom. The zero-order valence-corrected chi connectivity index (χ0v) is 15.6. The summed E-state index contributed by atoms with van der Waals surface area (Å²) in [4.78, 5) is 7.16. The normalized spacial score (nSPS) is 18.3. The molecule has 1 atom stereocenters. The van der Waals surface area contributed by atoms with Gasteiger partial charge in [0.15, 0.2) is 5.96 Å². The second-order valence-electron chi connectivity index (χ2n) is 5.72. The van der Waals surface area contributed by atoms with Crippen molar-refractivity contribution in [1.29, 1.82) is 0 Å². The second-order valence-corrected chi connectivity index (χ2v) is 6.63.